The van der Waals surface area contributed by atoms with E-state index < -0.39 is 6.04 Å². The molecule has 0 aliphatic carbocycles. The van der Waals surface area contributed by atoms with Gasteiger partial charge in [-0.2, -0.15) is 0 Å². The van der Waals surface area contributed by atoms with Crippen molar-refractivity contribution in [3.8, 4) is 0 Å². The van der Waals surface area contributed by atoms with Crippen molar-refractivity contribution in [1.29, 1.82) is 0 Å². The summed E-state index contributed by atoms with van der Waals surface area (Å²) in [7, 11) is 1.44. The Morgan fingerprint density at radius 3 is 2.70 bits per heavy atom. The maximum Gasteiger partial charge on any atom is 0.251 e. The molecule has 1 atom stereocenters. The summed E-state index contributed by atoms with van der Waals surface area (Å²) in [6.07, 6.45) is 0.637. The van der Waals surface area contributed by atoms with E-state index in [-0.39, 0.29) is 30.7 Å². The number of anilines is 1. The van der Waals surface area contributed by atoms with Gasteiger partial charge >= 0.3 is 0 Å². The van der Waals surface area contributed by atoms with Crippen molar-refractivity contribution in [2.24, 2.45) is 0 Å². The molecule has 20 heavy (non-hydrogen) atoms. The van der Waals surface area contributed by atoms with Gasteiger partial charge in [0.2, 0.25) is 11.8 Å². The molecule has 0 saturated carbocycles. The lowest BCUT2D eigenvalue weighted by molar-refractivity contribution is -0.149. The second-order valence-corrected chi connectivity index (χ2v) is 4.67. The lowest BCUT2D eigenvalue weighted by atomic mass is 10.0. The molecule has 1 aromatic rings. The van der Waals surface area contributed by atoms with Crippen LogP contribution in [-0.2, 0) is 14.4 Å². The molecule has 0 radical (unpaired) electrons. The van der Waals surface area contributed by atoms with Crippen molar-refractivity contribution in [2.75, 3.05) is 18.9 Å². The molecule has 6 heteroatoms. The largest absolute Gasteiger partial charge is 0.376 e. The average molecular weight is 275 g/mol. The van der Waals surface area contributed by atoms with Crippen LogP contribution in [0, 0.1) is 0 Å². The first-order valence-corrected chi connectivity index (χ1v) is 6.46. The molecule has 1 fully saturated rings. The molecule has 6 nitrogen and oxygen atoms in total. The van der Waals surface area contributed by atoms with Gasteiger partial charge in [0.1, 0.15) is 6.04 Å². The lowest BCUT2D eigenvalue weighted by Crippen LogP contribution is -2.53. The van der Waals surface area contributed by atoms with Crippen LogP contribution in [0.3, 0.4) is 0 Å². The number of nitrogens with one attached hydrogen (secondary N) is 2. The Labute approximate surface area is 117 Å². The molecule has 1 heterocycles. The van der Waals surface area contributed by atoms with Crippen molar-refractivity contribution in [3.05, 3.63) is 30.3 Å². The maximum absolute atomic E-state index is 11.8. The van der Waals surface area contributed by atoms with E-state index >= 15 is 0 Å². The Morgan fingerprint density at radius 1 is 1.30 bits per heavy atom. The zero-order valence-electron chi connectivity index (χ0n) is 11.3. The summed E-state index contributed by atoms with van der Waals surface area (Å²) in [4.78, 5) is 36.0. The highest BCUT2D eigenvalue weighted by molar-refractivity contribution is 6.01. The second kappa shape index (κ2) is 6.18. The summed E-state index contributed by atoms with van der Waals surface area (Å²) in [5.74, 6) is -0.827. The van der Waals surface area contributed by atoms with E-state index in [0.29, 0.717) is 6.42 Å². The highest BCUT2D eigenvalue weighted by Gasteiger charge is 2.32. The SMILES string of the molecule is CN1C(=O)CCC(NC(=O)CNc2ccccc2)C1=O. The van der Waals surface area contributed by atoms with Gasteiger partial charge in [-0.05, 0) is 18.6 Å². The van der Waals surface area contributed by atoms with Crippen molar-refractivity contribution < 1.29 is 14.4 Å². The number of carbonyl (C=O) groups excluding carboxylic acids is 3. The van der Waals surface area contributed by atoms with Crippen LogP contribution in [0.4, 0.5) is 5.69 Å². The quantitative estimate of drug-likeness (QED) is 0.778. The molecule has 1 aliphatic heterocycles. The van der Waals surface area contributed by atoms with Crippen LogP contribution >= 0.6 is 0 Å². The van der Waals surface area contributed by atoms with E-state index in [9.17, 15) is 14.4 Å². The molecule has 3 amide bonds. The Bertz CT molecular complexity index is 516. The number of hydrogen-bond donors (Lipinski definition) is 2. The van der Waals surface area contributed by atoms with Crippen molar-refractivity contribution >= 4 is 23.4 Å². The Kier molecular flexibility index (Phi) is 4.34. The van der Waals surface area contributed by atoms with E-state index in [1.807, 2.05) is 30.3 Å². The molecular weight excluding hydrogens is 258 g/mol. The first kappa shape index (κ1) is 14.0. The highest BCUT2D eigenvalue weighted by atomic mass is 16.2. The molecule has 1 aromatic carbocycles. The number of carbonyl (C=O) groups is 3. The zero-order chi connectivity index (χ0) is 14.5. The fourth-order valence-corrected chi connectivity index (χ4v) is 2.03. The van der Waals surface area contributed by atoms with E-state index in [1.54, 1.807) is 0 Å². The second-order valence-electron chi connectivity index (χ2n) is 4.67. The van der Waals surface area contributed by atoms with E-state index in [0.717, 1.165) is 10.6 Å². The van der Waals surface area contributed by atoms with E-state index in [1.165, 1.54) is 7.05 Å². The third kappa shape index (κ3) is 3.34. The van der Waals surface area contributed by atoms with Gasteiger partial charge in [-0.25, -0.2) is 0 Å². The van der Waals surface area contributed by atoms with Crippen LogP contribution in [-0.4, -0.2) is 42.3 Å². The Morgan fingerprint density at radius 2 is 2.00 bits per heavy atom. The fourth-order valence-electron chi connectivity index (χ4n) is 2.03. The number of nitrogens with zero attached hydrogens (tertiary/aromatic N) is 1. The first-order chi connectivity index (χ1) is 9.58. The molecule has 0 bridgehead atoms. The summed E-state index contributed by atoms with van der Waals surface area (Å²) in [6, 6.07) is 8.72. The Hall–Kier alpha value is -2.37. The van der Waals surface area contributed by atoms with Gasteiger partial charge in [0.05, 0.1) is 6.54 Å². The van der Waals surface area contributed by atoms with Gasteiger partial charge in [-0.3, -0.25) is 19.3 Å². The number of benzene rings is 1. The zero-order valence-corrected chi connectivity index (χ0v) is 11.3. The Balaban J connectivity index is 1.83. The third-order valence-electron chi connectivity index (χ3n) is 3.21. The van der Waals surface area contributed by atoms with E-state index in [4.69, 9.17) is 0 Å². The lowest BCUT2D eigenvalue weighted by Gasteiger charge is -2.28. The molecule has 2 N–H and O–H groups in total. The van der Waals surface area contributed by atoms with Gasteiger partial charge in [0.25, 0.3) is 5.91 Å². The minimum absolute atomic E-state index is 0.0887. The minimum atomic E-state index is -0.609. The average Bonchev–Trinajstić information content (AvgIpc) is 2.47. The molecule has 0 spiro atoms. The van der Waals surface area contributed by atoms with Gasteiger partial charge in [-0.1, -0.05) is 18.2 Å². The summed E-state index contributed by atoms with van der Waals surface area (Å²) in [6.45, 7) is 0.0887. The summed E-state index contributed by atoms with van der Waals surface area (Å²) in [5.41, 5.74) is 0.838. The van der Waals surface area contributed by atoms with Crippen molar-refractivity contribution in [3.63, 3.8) is 0 Å². The molecule has 1 unspecified atom stereocenters. The monoisotopic (exact) mass is 275 g/mol. The number of imide groups is 1. The number of rotatable bonds is 4. The smallest absolute Gasteiger partial charge is 0.251 e. The summed E-state index contributed by atoms with van der Waals surface area (Å²) in [5, 5.41) is 5.61. The topological polar surface area (TPSA) is 78.5 Å². The predicted octanol–water partition coefficient (Wildman–Crippen LogP) is 0.362. The van der Waals surface area contributed by atoms with Gasteiger partial charge in [-0.15, -0.1) is 0 Å². The number of hydrogen-bond acceptors (Lipinski definition) is 4. The first-order valence-electron chi connectivity index (χ1n) is 6.46. The van der Waals surface area contributed by atoms with Gasteiger partial charge in [0, 0.05) is 19.2 Å². The molecule has 1 saturated heterocycles. The van der Waals surface area contributed by atoms with Gasteiger partial charge < -0.3 is 10.6 Å². The third-order valence-corrected chi connectivity index (χ3v) is 3.21. The number of piperidine rings is 1. The molecular formula is C14H17N3O3. The molecule has 1 aliphatic rings. The van der Waals surface area contributed by atoms with E-state index in [2.05, 4.69) is 10.6 Å². The van der Waals surface area contributed by atoms with Crippen LogP contribution < -0.4 is 10.6 Å². The van der Waals surface area contributed by atoms with Crippen molar-refractivity contribution in [2.45, 2.75) is 18.9 Å². The van der Waals surface area contributed by atoms with Crippen LogP contribution in [0.1, 0.15) is 12.8 Å². The number of para-hydroxylation sites is 1. The normalized spacial score (nSPS) is 18.9. The molecule has 2 rings (SSSR count). The van der Waals surface area contributed by atoms with Crippen molar-refractivity contribution in [1.82, 2.24) is 10.2 Å². The molecule has 106 valence electrons. The minimum Gasteiger partial charge on any atom is -0.376 e. The highest BCUT2D eigenvalue weighted by Crippen LogP contribution is 2.11. The van der Waals surface area contributed by atoms with Gasteiger partial charge in [0.15, 0.2) is 0 Å². The standard InChI is InChI=1S/C14H17N3O3/c1-17-13(19)8-7-11(14(17)20)16-12(18)9-15-10-5-3-2-4-6-10/h2-6,11,15H,7-9H2,1H3,(H,16,18). The fraction of sp³-hybridized carbons (Fsp3) is 0.357. The summed E-state index contributed by atoms with van der Waals surface area (Å²) < 4.78 is 0. The molecule has 0 aromatic heterocycles. The summed E-state index contributed by atoms with van der Waals surface area (Å²) >= 11 is 0. The predicted molar refractivity (Wildman–Crippen MR) is 73.9 cm³/mol. The van der Waals surface area contributed by atoms with Crippen LogP contribution in [0.25, 0.3) is 0 Å². The van der Waals surface area contributed by atoms with Crippen LogP contribution in [0.15, 0.2) is 30.3 Å². The van der Waals surface area contributed by atoms with Crippen LogP contribution in [0.2, 0.25) is 0 Å². The number of likely N-dealkylation sites (tertiary alicyclic amines) is 1. The number of likely N-dealkylation sites (N-methyl/N-ethyl adjacent to an activating group) is 1. The van der Waals surface area contributed by atoms with Crippen LogP contribution in [0.5, 0.6) is 0 Å². The maximum atomic E-state index is 11.8. The number of amides is 3.